The predicted molar refractivity (Wildman–Crippen MR) is 132 cm³/mol. The molecule has 0 fully saturated rings. The Kier molecular flexibility index (Phi) is 5.55. The van der Waals surface area contributed by atoms with Crippen molar-refractivity contribution in [2.75, 3.05) is 11.4 Å². The van der Waals surface area contributed by atoms with Gasteiger partial charge in [-0.1, -0.05) is 74.0 Å². The number of fused-ring (bicyclic) bond motifs is 1. The van der Waals surface area contributed by atoms with Crippen LogP contribution in [-0.4, -0.2) is 23.3 Å². The second-order valence-corrected chi connectivity index (χ2v) is 9.30. The molecule has 2 aliphatic heterocycles. The second kappa shape index (κ2) is 8.53. The number of rotatable bonds is 4. The molecule has 0 aliphatic carbocycles. The number of imide groups is 1. The zero-order valence-corrected chi connectivity index (χ0v) is 19.5. The van der Waals surface area contributed by atoms with Crippen molar-refractivity contribution in [2.24, 2.45) is 0 Å². The Bertz CT molecular complexity index is 1260. The molecule has 0 bridgehead atoms. The lowest BCUT2D eigenvalue weighted by Gasteiger charge is -2.31. The van der Waals surface area contributed by atoms with Gasteiger partial charge in [0.15, 0.2) is 0 Å². The SMILES string of the molecule is CC(C)c1ccc(N2C(=O)C(c3ccc(Cl)cc3)=C(N3CCc4ccccc4C3)C2=O)cc1. The molecule has 0 N–H and O–H groups in total. The maximum Gasteiger partial charge on any atom is 0.282 e. The Morgan fingerprint density at radius 3 is 2.15 bits per heavy atom. The zero-order valence-electron chi connectivity index (χ0n) is 18.7. The van der Waals surface area contributed by atoms with Gasteiger partial charge >= 0.3 is 0 Å². The molecule has 2 amide bonds. The fraction of sp³-hybridized carbons (Fsp3) is 0.214. The van der Waals surface area contributed by atoms with Crippen molar-refractivity contribution in [1.82, 2.24) is 4.90 Å². The van der Waals surface area contributed by atoms with Crippen LogP contribution in [0.5, 0.6) is 0 Å². The van der Waals surface area contributed by atoms with Crippen LogP contribution in [0.3, 0.4) is 0 Å². The van der Waals surface area contributed by atoms with Crippen molar-refractivity contribution >= 4 is 34.7 Å². The van der Waals surface area contributed by atoms with Crippen LogP contribution >= 0.6 is 11.6 Å². The summed E-state index contributed by atoms with van der Waals surface area (Å²) in [5.41, 5.74) is 5.83. The highest BCUT2D eigenvalue weighted by molar-refractivity contribution is 6.45. The van der Waals surface area contributed by atoms with Crippen molar-refractivity contribution in [3.05, 3.63) is 106 Å². The van der Waals surface area contributed by atoms with E-state index in [2.05, 4.69) is 30.9 Å². The summed E-state index contributed by atoms with van der Waals surface area (Å²) in [6.07, 6.45) is 0.831. The van der Waals surface area contributed by atoms with Crippen LogP contribution in [0, 0.1) is 0 Å². The largest absolute Gasteiger partial charge is 0.362 e. The van der Waals surface area contributed by atoms with E-state index in [-0.39, 0.29) is 11.8 Å². The van der Waals surface area contributed by atoms with Crippen LogP contribution in [0.2, 0.25) is 5.02 Å². The highest BCUT2D eigenvalue weighted by Crippen LogP contribution is 2.37. The molecular formula is C28H25ClN2O2. The van der Waals surface area contributed by atoms with E-state index in [0.29, 0.717) is 46.6 Å². The summed E-state index contributed by atoms with van der Waals surface area (Å²) in [7, 11) is 0. The van der Waals surface area contributed by atoms with Gasteiger partial charge in [0.1, 0.15) is 5.70 Å². The van der Waals surface area contributed by atoms with Crippen molar-refractivity contribution in [2.45, 2.75) is 32.7 Å². The van der Waals surface area contributed by atoms with E-state index in [4.69, 9.17) is 11.6 Å². The van der Waals surface area contributed by atoms with Crippen molar-refractivity contribution in [3.8, 4) is 0 Å². The fourth-order valence-corrected chi connectivity index (χ4v) is 4.74. The molecule has 4 nitrogen and oxygen atoms in total. The average Bonchev–Trinajstić information content (AvgIpc) is 3.09. The second-order valence-electron chi connectivity index (χ2n) is 8.86. The van der Waals surface area contributed by atoms with Gasteiger partial charge in [-0.05, 0) is 58.9 Å². The zero-order chi connectivity index (χ0) is 23.1. The number of anilines is 1. The van der Waals surface area contributed by atoms with Gasteiger partial charge in [0.05, 0.1) is 11.3 Å². The van der Waals surface area contributed by atoms with E-state index in [1.807, 2.05) is 48.5 Å². The van der Waals surface area contributed by atoms with E-state index in [1.54, 1.807) is 12.1 Å². The third-order valence-corrected chi connectivity index (χ3v) is 6.71. The lowest BCUT2D eigenvalue weighted by atomic mass is 9.98. The number of amides is 2. The number of halogens is 1. The molecule has 0 saturated carbocycles. The first kappa shape index (κ1) is 21.5. The third kappa shape index (κ3) is 3.85. The minimum Gasteiger partial charge on any atom is -0.362 e. The van der Waals surface area contributed by atoms with Gasteiger partial charge < -0.3 is 4.90 Å². The van der Waals surface area contributed by atoms with Crippen LogP contribution in [0.4, 0.5) is 5.69 Å². The summed E-state index contributed by atoms with van der Waals surface area (Å²) in [5, 5.41) is 0.589. The van der Waals surface area contributed by atoms with E-state index < -0.39 is 0 Å². The lowest BCUT2D eigenvalue weighted by Crippen LogP contribution is -2.37. The predicted octanol–water partition coefficient (Wildman–Crippen LogP) is 5.81. The monoisotopic (exact) mass is 456 g/mol. The molecule has 0 atom stereocenters. The van der Waals surface area contributed by atoms with E-state index in [0.717, 1.165) is 12.0 Å². The third-order valence-electron chi connectivity index (χ3n) is 6.46. The maximum absolute atomic E-state index is 13.8. The average molecular weight is 457 g/mol. The molecule has 2 aliphatic rings. The summed E-state index contributed by atoms with van der Waals surface area (Å²) in [6, 6.07) is 23.1. The van der Waals surface area contributed by atoms with Gasteiger partial charge in [0.25, 0.3) is 11.8 Å². The van der Waals surface area contributed by atoms with Gasteiger partial charge in [-0.2, -0.15) is 0 Å². The molecule has 0 radical (unpaired) electrons. The number of benzene rings is 3. The van der Waals surface area contributed by atoms with Crippen molar-refractivity contribution < 1.29 is 9.59 Å². The number of carbonyl (C=O) groups is 2. The van der Waals surface area contributed by atoms with Crippen LogP contribution in [0.15, 0.2) is 78.5 Å². The normalized spacial score (nSPS) is 16.1. The molecule has 33 heavy (non-hydrogen) atoms. The molecule has 3 aromatic rings. The van der Waals surface area contributed by atoms with Gasteiger partial charge in [0, 0.05) is 18.1 Å². The highest BCUT2D eigenvalue weighted by atomic mass is 35.5. The molecule has 5 rings (SSSR count). The van der Waals surface area contributed by atoms with Gasteiger partial charge in [0.2, 0.25) is 0 Å². The Morgan fingerprint density at radius 1 is 0.818 bits per heavy atom. The molecule has 5 heteroatoms. The molecule has 0 spiro atoms. The minimum atomic E-state index is -0.298. The molecule has 0 saturated heterocycles. The number of hydrogen-bond acceptors (Lipinski definition) is 3. The first-order valence-corrected chi connectivity index (χ1v) is 11.6. The summed E-state index contributed by atoms with van der Waals surface area (Å²) in [4.78, 5) is 30.8. The topological polar surface area (TPSA) is 40.6 Å². The lowest BCUT2D eigenvalue weighted by molar-refractivity contribution is -0.120. The summed E-state index contributed by atoms with van der Waals surface area (Å²) in [5.74, 6) is -0.203. The number of hydrogen-bond donors (Lipinski definition) is 0. The molecular weight excluding hydrogens is 432 g/mol. The van der Waals surface area contributed by atoms with Crippen molar-refractivity contribution in [1.29, 1.82) is 0 Å². The molecule has 0 unspecified atom stereocenters. The van der Waals surface area contributed by atoms with Gasteiger partial charge in [-0.3, -0.25) is 9.59 Å². The van der Waals surface area contributed by atoms with E-state index in [9.17, 15) is 9.59 Å². The Labute approximate surface area is 199 Å². The Balaban J connectivity index is 1.58. The van der Waals surface area contributed by atoms with E-state index in [1.165, 1.54) is 16.0 Å². The first-order valence-electron chi connectivity index (χ1n) is 11.2. The standard InChI is InChI=1S/C28H25ClN2O2/c1-18(2)19-9-13-24(14-10-19)31-27(32)25(21-7-11-23(29)12-8-21)26(28(31)33)30-16-15-20-5-3-4-6-22(20)17-30/h3-14,18H,15-17H2,1-2H3. The fourth-order valence-electron chi connectivity index (χ4n) is 4.62. The highest BCUT2D eigenvalue weighted by Gasteiger charge is 2.43. The minimum absolute atomic E-state index is 0.276. The van der Waals surface area contributed by atoms with Gasteiger partial charge in [-0.25, -0.2) is 4.90 Å². The molecule has 2 heterocycles. The van der Waals surface area contributed by atoms with Crippen LogP contribution in [-0.2, 0) is 22.6 Å². The maximum atomic E-state index is 13.8. The number of carbonyl (C=O) groups excluding carboxylic acids is 2. The summed E-state index contributed by atoms with van der Waals surface area (Å²) < 4.78 is 0. The van der Waals surface area contributed by atoms with Gasteiger partial charge in [-0.15, -0.1) is 0 Å². The van der Waals surface area contributed by atoms with Crippen LogP contribution < -0.4 is 4.90 Å². The summed E-state index contributed by atoms with van der Waals surface area (Å²) in [6.45, 7) is 5.52. The van der Waals surface area contributed by atoms with Crippen LogP contribution in [0.25, 0.3) is 5.57 Å². The first-order chi connectivity index (χ1) is 15.9. The quantitative estimate of drug-likeness (QED) is 0.465. The molecule has 3 aromatic carbocycles. The molecule has 166 valence electrons. The van der Waals surface area contributed by atoms with Crippen LogP contribution in [0.1, 0.15) is 42.0 Å². The number of nitrogens with zero attached hydrogens (tertiary/aromatic N) is 2. The Hall–Kier alpha value is -3.37. The Morgan fingerprint density at radius 2 is 1.48 bits per heavy atom. The van der Waals surface area contributed by atoms with E-state index >= 15 is 0 Å². The van der Waals surface area contributed by atoms with Crippen molar-refractivity contribution in [3.63, 3.8) is 0 Å². The smallest absolute Gasteiger partial charge is 0.282 e. The molecule has 0 aromatic heterocycles. The summed E-state index contributed by atoms with van der Waals surface area (Å²) >= 11 is 6.10.